The molecule has 1 aromatic carbocycles. The van der Waals surface area contributed by atoms with Gasteiger partial charge < -0.3 is 15.1 Å². The van der Waals surface area contributed by atoms with Gasteiger partial charge in [-0.3, -0.25) is 14.7 Å². The van der Waals surface area contributed by atoms with Crippen molar-refractivity contribution in [3.63, 3.8) is 0 Å². The fourth-order valence-electron chi connectivity index (χ4n) is 5.86. The van der Waals surface area contributed by atoms with Gasteiger partial charge in [-0.2, -0.15) is 0 Å². The summed E-state index contributed by atoms with van der Waals surface area (Å²) in [4.78, 5) is 24.9. The van der Waals surface area contributed by atoms with Crippen molar-refractivity contribution in [1.82, 2.24) is 14.7 Å². The number of para-hydroxylation sites is 1. The predicted octanol–water partition coefficient (Wildman–Crippen LogP) is 2.76. The number of aliphatic imine (C=N–C) groups is 1. The van der Waals surface area contributed by atoms with Crippen LogP contribution in [-0.4, -0.2) is 76.9 Å². The molecule has 2 unspecified atom stereocenters. The molecule has 5 rings (SSSR count). The Balaban J connectivity index is 1.27. The fourth-order valence-corrected chi connectivity index (χ4v) is 5.86. The summed E-state index contributed by atoms with van der Waals surface area (Å²) in [5, 5.41) is 3.86. The second kappa shape index (κ2) is 7.31. The molecule has 0 radical (unpaired) electrons. The average Bonchev–Trinajstić information content (AvgIpc) is 3.21. The Hall–Kier alpha value is -2.08. The Morgan fingerprint density at radius 3 is 2.62 bits per heavy atom. The van der Waals surface area contributed by atoms with E-state index in [0.29, 0.717) is 24.5 Å². The van der Waals surface area contributed by atoms with Crippen LogP contribution in [0.1, 0.15) is 51.5 Å². The van der Waals surface area contributed by atoms with Crippen LogP contribution in [0.15, 0.2) is 29.3 Å². The third-order valence-electron chi connectivity index (χ3n) is 7.42. The summed E-state index contributed by atoms with van der Waals surface area (Å²) in [5.74, 6) is 1.46. The van der Waals surface area contributed by atoms with Gasteiger partial charge in [-0.05, 0) is 45.2 Å². The highest BCUT2D eigenvalue weighted by Crippen LogP contribution is 2.39. The van der Waals surface area contributed by atoms with Crippen molar-refractivity contribution in [3.8, 4) is 0 Å². The monoisotopic (exact) mass is 395 g/mol. The summed E-state index contributed by atoms with van der Waals surface area (Å²) in [5.41, 5.74) is 2.36. The van der Waals surface area contributed by atoms with E-state index in [2.05, 4.69) is 58.1 Å². The molecule has 29 heavy (non-hydrogen) atoms. The lowest BCUT2D eigenvalue weighted by molar-refractivity contribution is -0.139. The minimum absolute atomic E-state index is 0.0606. The number of nitrogens with zero attached hydrogens (tertiary/aromatic N) is 4. The third kappa shape index (κ3) is 3.21. The number of carbonyl (C=O) groups excluding carboxylic acids is 1. The largest absolute Gasteiger partial charge is 0.362 e. The maximum atomic E-state index is 13.0. The van der Waals surface area contributed by atoms with Gasteiger partial charge >= 0.3 is 0 Å². The molecule has 1 aromatic rings. The van der Waals surface area contributed by atoms with Crippen LogP contribution in [0.2, 0.25) is 0 Å². The van der Waals surface area contributed by atoms with E-state index in [-0.39, 0.29) is 5.66 Å². The van der Waals surface area contributed by atoms with Crippen molar-refractivity contribution in [2.75, 3.05) is 38.0 Å². The zero-order valence-corrected chi connectivity index (χ0v) is 17.7. The Morgan fingerprint density at radius 2 is 1.86 bits per heavy atom. The number of rotatable bonds is 2. The molecule has 1 N–H and O–H groups in total. The zero-order chi connectivity index (χ0) is 20.0. The topological polar surface area (TPSA) is 51.2 Å². The highest BCUT2D eigenvalue weighted by Gasteiger charge is 2.46. The van der Waals surface area contributed by atoms with Crippen molar-refractivity contribution in [1.29, 1.82) is 0 Å². The van der Waals surface area contributed by atoms with Gasteiger partial charge in [0, 0.05) is 55.8 Å². The van der Waals surface area contributed by atoms with E-state index in [1.807, 2.05) is 0 Å². The molecule has 0 saturated carbocycles. The van der Waals surface area contributed by atoms with Crippen LogP contribution >= 0.6 is 0 Å². The fraction of sp³-hybridized carbons (Fsp3) is 0.652. The summed E-state index contributed by atoms with van der Waals surface area (Å²) >= 11 is 0. The number of piperidine rings is 2. The number of nitrogens with one attached hydrogen (secondary N) is 1. The van der Waals surface area contributed by atoms with Crippen LogP contribution in [0, 0.1) is 0 Å². The van der Waals surface area contributed by atoms with E-state index in [1.54, 1.807) is 0 Å². The first kappa shape index (κ1) is 18.9. The second-order valence-electron chi connectivity index (χ2n) is 9.27. The smallest absolute Gasteiger partial charge is 0.237 e. The first-order valence-corrected chi connectivity index (χ1v) is 11.3. The lowest BCUT2D eigenvalue weighted by Gasteiger charge is -2.52. The van der Waals surface area contributed by atoms with Crippen LogP contribution in [-0.2, 0) is 4.79 Å². The summed E-state index contributed by atoms with van der Waals surface area (Å²) < 4.78 is 0. The summed E-state index contributed by atoms with van der Waals surface area (Å²) in [6.45, 7) is 8.72. The molecule has 2 atom stereocenters. The zero-order valence-electron chi connectivity index (χ0n) is 17.7. The number of hydrogen-bond donors (Lipinski definition) is 1. The number of likely N-dealkylation sites (tertiary alicyclic amines) is 2. The minimum atomic E-state index is -0.0606. The second-order valence-corrected chi connectivity index (χ2v) is 9.27. The van der Waals surface area contributed by atoms with Gasteiger partial charge in [0.15, 0.2) is 0 Å². The van der Waals surface area contributed by atoms with E-state index in [9.17, 15) is 4.79 Å². The lowest BCUT2D eigenvalue weighted by Crippen LogP contribution is -2.64. The van der Waals surface area contributed by atoms with Gasteiger partial charge in [0.1, 0.15) is 11.5 Å². The Bertz CT molecular complexity index is 803. The first-order chi connectivity index (χ1) is 14.1. The maximum absolute atomic E-state index is 13.0. The average molecular weight is 396 g/mol. The van der Waals surface area contributed by atoms with Crippen LogP contribution < -0.4 is 5.32 Å². The van der Waals surface area contributed by atoms with Gasteiger partial charge in [-0.1, -0.05) is 12.1 Å². The van der Waals surface area contributed by atoms with E-state index < -0.39 is 0 Å². The number of amides is 1. The number of fused-ring (bicyclic) bond motifs is 4. The number of anilines is 1. The van der Waals surface area contributed by atoms with Crippen molar-refractivity contribution in [2.24, 2.45) is 4.99 Å². The molecule has 4 aliphatic heterocycles. The molecule has 6 nitrogen and oxygen atoms in total. The molecule has 4 heterocycles. The number of benzene rings is 1. The van der Waals surface area contributed by atoms with E-state index in [0.717, 1.165) is 57.7 Å². The van der Waals surface area contributed by atoms with Crippen molar-refractivity contribution >= 4 is 17.4 Å². The van der Waals surface area contributed by atoms with Crippen molar-refractivity contribution < 1.29 is 4.79 Å². The molecular formula is C23H33N5O. The van der Waals surface area contributed by atoms with E-state index in [4.69, 9.17) is 4.99 Å². The molecule has 0 aliphatic carbocycles. The van der Waals surface area contributed by atoms with Crippen LogP contribution in [0.3, 0.4) is 0 Å². The van der Waals surface area contributed by atoms with Crippen molar-refractivity contribution in [2.45, 2.75) is 63.7 Å². The maximum Gasteiger partial charge on any atom is 0.237 e. The number of carbonyl (C=O) groups is 1. The summed E-state index contributed by atoms with van der Waals surface area (Å²) in [7, 11) is 0. The summed E-state index contributed by atoms with van der Waals surface area (Å²) in [6.07, 6.45) is 5.54. The first-order valence-electron chi connectivity index (χ1n) is 11.3. The SMILES string of the molecule is CC1CCCC(C)N1C(=O)CN1CCC2(CC1)Nc1ccccc1C1=NCCN12. The van der Waals surface area contributed by atoms with Gasteiger partial charge in [0.25, 0.3) is 0 Å². The highest BCUT2D eigenvalue weighted by molar-refractivity contribution is 6.06. The Labute approximate surface area is 173 Å². The van der Waals surface area contributed by atoms with E-state index >= 15 is 0 Å². The quantitative estimate of drug-likeness (QED) is 0.837. The van der Waals surface area contributed by atoms with E-state index in [1.165, 1.54) is 17.7 Å². The molecule has 156 valence electrons. The number of hydrogen-bond acceptors (Lipinski definition) is 5. The van der Waals surface area contributed by atoms with Gasteiger partial charge in [0.05, 0.1) is 13.1 Å². The minimum Gasteiger partial charge on any atom is -0.362 e. The van der Waals surface area contributed by atoms with Crippen molar-refractivity contribution in [3.05, 3.63) is 29.8 Å². The Morgan fingerprint density at radius 1 is 1.14 bits per heavy atom. The normalized spacial score (nSPS) is 28.6. The molecule has 0 aromatic heterocycles. The molecule has 4 aliphatic rings. The molecule has 1 amide bonds. The third-order valence-corrected chi connectivity index (χ3v) is 7.42. The molecule has 2 saturated heterocycles. The van der Waals surface area contributed by atoms with Gasteiger partial charge in [0.2, 0.25) is 5.91 Å². The van der Waals surface area contributed by atoms with Gasteiger partial charge in [-0.15, -0.1) is 0 Å². The molecule has 2 fully saturated rings. The highest BCUT2D eigenvalue weighted by atomic mass is 16.2. The lowest BCUT2D eigenvalue weighted by atomic mass is 9.90. The van der Waals surface area contributed by atoms with Gasteiger partial charge in [-0.25, -0.2) is 0 Å². The standard InChI is InChI=1S/C23H33N5O/c1-17-6-5-7-18(2)28(17)21(29)16-26-13-10-23(11-14-26)25-20-9-4-3-8-19(20)22-24-12-15-27(22)23/h3-4,8-9,17-18,25H,5-7,10-16H2,1-2H3. The van der Waals surface area contributed by atoms with Crippen LogP contribution in [0.4, 0.5) is 5.69 Å². The number of amidine groups is 1. The Kier molecular flexibility index (Phi) is 4.77. The predicted molar refractivity (Wildman–Crippen MR) is 116 cm³/mol. The molecular weight excluding hydrogens is 362 g/mol. The molecule has 0 bridgehead atoms. The molecule has 1 spiro atoms. The molecule has 6 heteroatoms. The van der Waals surface area contributed by atoms with Crippen LogP contribution in [0.25, 0.3) is 0 Å². The summed E-state index contributed by atoms with van der Waals surface area (Å²) in [6, 6.07) is 9.28. The van der Waals surface area contributed by atoms with Crippen LogP contribution in [0.5, 0.6) is 0 Å².